The molecule has 27 heavy (non-hydrogen) atoms. The fraction of sp³-hybridized carbons (Fsp3) is 0.333. The molecule has 0 unspecified atom stereocenters. The SMILES string of the molecule is Cc1ccc(-c2cc(C(=O)NCCN3CCCC3)n(-c3ccccc3)n2)o1. The molecular formula is C21H24N4O2. The lowest BCUT2D eigenvalue weighted by Crippen LogP contribution is -2.34. The third-order valence-electron chi connectivity index (χ3n) is 4.85. The van der Waals surface area contributed by atoms with Crippen LogP contribution in [0.2, 0.25) is 0 Å². The zero-order valence-corrected chi connectivity index (χ0v) is 15.5. The van der Waals surface area contributed by atoms with E-state index in [1.807, 2.05) is 49.4 Å². The van der Waals surface area contributed by atoms with Crippen molar-refractivity contribution in [3.63, 3.8) is 0 Å². The van der Waals surface area contributed by atoms with E-state index in [1.165, 1.54) is 12.8 Å². The highest BCUT2D eigenvalue weighted by Crippen LogP contribution is 2.23. The van der Waals surface area contributed by atoms with Gasteiger partial charge in [-0.3, -0.25) is 4.79 Å². The normalized spacial score (nSPS) is 14.6. The van der Waals surface area contributed by atoms with Gasteiger partial charge >= 0.3 is 0 Å². The Morgan fingerprint density at radius 1 is 1.15 bits per heavy atom. The molecule has 0 spiro atoms. The molecule has 0 saturated carbocycles. The third-order valence-corrected chi connectivity index (χ3v) is 4.85. The van der Waals surface area contributed by atoms with Crippen LogP contribution in [-0.2, 0) is 0 Å². The number of hydrogen-bond donors (Lipinski definition) is 1. The molecule has 0 atom stereocenters. The van der Waals surface area contributed by atoms with Gasteiger partial charge in [0, 0.05) is 19.2 Å². The Morgan fingerprint density at radius 3 is 2.63 bits per heavy atom. The molecule has 3 aromatic rings. The van der Waals surface area contributed by atoms with Crippen molar-refractivity contribution in [1.29, 1.82) is 0 Å². The largest absolute Gasteiger partial charge is 0.460 e. The van der Waals surface area contributed by atoms with E-state index in [4.69, 9.17) is 4.42 Å². The maximum atomic E-state index is 12.8. The van der Waals surface area contributed by atoms with Gasteiger partial charge < -0.3 is 14.6 Å². The van der Waals surface area contributed by atoms with Crippen LogP contribution in [0.4, 0.5) is 0 Å². The minimum atomic E-state index is -0.125. The number of carbonyl (C=O) groups excluding carboxylic acids is 1. The molecule has 140 valence electrons. The minimum absolute atomic E-state index is 0.125. The second-order valence-electron chi connectivity index (χ2n) is 6.88. The topological polar surface area (TPSA) is 63.3 Å². The first-order valence-corrected chi connectivity index (χ1v) is 9.43. The Labute approximate surface area is 158 Å². The van der Waals surface area contributed by atoms with E-state index in [2.05, 4.69) is 15.3 Å². The van der Waals surface area contributed by atoms with E-state index in [0.717, 1.165) is 31.1 Å². The Kier molecular flexibility index (Phi) is 5.07. The Balaban J connectivity index is 1.57. The Bertz CT molecular complexity index is 907. The number of hydrogen-bond acceptors (Lipinski definition) is 4. The standard InChI is InChI=1S/C21H24N4O2/c1-16-9-10-20(27-16)18-15-19(25(23-18)17-7-3-2-4-8-17)21(26)22-11-14-24-12-5-6-13-24/h2-4,7-10,15H,5-6,11-14H2,1H3,(H,22,26). The first kappa shape index (κ1) is 17.5. The van der Waals surface area contributed by atoms with Gasteiger partial charge in [-0.05, 0) is 57.1 Å². The lowest BCUT2D eigenvalue weighted by molar-refractivity contribution is 0.0942. The highest BCUT2D eigenvalue weighted by atomic mass is 16.3. The molecule has 6 nitrogen and oxygen atoms in total. The fourth-order valence-electron chi connectivity index (χ4n) is 3.43. The van der Waals surface area contributed by atoms with Gasteiger partial charge in [0.15, 0.2) is 5.76 Å². The number of likely N-dealkylation sites (tertiary alicyclic amines) is 1. The molecule has 1 aromatic carbocycles. The summed E-state index contributed by atoms with van der Waals surface area (Å²) in [6.07, 6.45) is 2.50. The van der Waals surface area contributed by atoms with Crippen LogP contribution in [0.15, 0.2) is 52.9 Å². The van der Waals surface area contributed by atoms with Gasteiger partial charge in [-0.25, -0.2) is 4.68 Å². The smallest absolute Gasteiger partial charge is 0.270 e. The number of nitrogens with one attached hydrogen (secondary N) is 1. The summed E-state index contributed by atoms with van der Waals surface area (Å²) in [6, 6.07) is 15.2. The number of amides is 1. The highest BCUT2D eigenvalue weighted by molar-refractivity contribution is 5.94. The molecule has 0 bridgehead atoms. The van der Waals surface area contributed by atoms with Crippen molar-refractivity contribution in [3.05, 3.63) is 60.0 Å². The molecule has 2 aromatic heterocycles. The number of aromatic nitrogens is 2. The summed E-state index contributed by atoms with van der Waals surface area (Å²) < 4.78 is 7.37. The molecular weight excluding hydrogens is 340 g/mol. The average molecular weight is 364 g/mol. The maximum Gasteiger partial charge on any atom is 0.270 e. The maximum absolute atomic E-state index is 12.8. The van der Waals surface area contributed by atoms with Crippen LogP contribution in [0.25, 0.3) is 17.1 Å². The van der Waals surface area contributed by atoms with Crippen molar-refractivity contribution in [2.45, 2.75) is 19.8 Å². The van der Waals surface area contributed by atoms with Gasteiger partial charge in [0.1, 0.15) is 17.1 Å². The van der Waals surface area contributed by atoms with Crippen molar-refractivity contribution in [2.24, 2.45) is 0 Å². The molecule has 6 heteroatoms. The van der Waals surface area contributed by atoms with Crippen LogP contribution >= 0.6 is 0 Å². The summed E-state index contributed by atoms with van der Waals surface area (Å²) in [5.74, 6) is 1.35. The molecule has 1 aliphatic rings. The summed E-state index contributed by atoms with van der Waals surface area (Å²) in [6.45, 7) is 5.66. The summed E-state index contributed by atoms with van der Waals surface area (Å²) in [7, 11) is 0. The first-order valence-electron chi connectivity index (χ1n) is 9.43. The van der Waals surface area contributed by atoms with Crippen LogP contribution < -0.4 is 5.32 Å². The monoisotopic (exact) mass is 364 g/mol. The zero-order chi connectivity index (χ0) is 18.6. The van der Waals surface area contributed by atoms with Crippen molar-refractivity contribution in [2.75, 3.05) is 26.2 Å². The van der Waals surface area contributed by atoms with E-state index in [0.29, 0.717) is 23.7 Å². The number of carbonyl (C=O) groups is 1. The predicted octanol–water partition coefficient (Wildman–Crippen LogP) is 3.27. The molecule has 4 rings (SSSR count). The Hall–Kier alpha value is -2.86. The number of para-hydroxylation sites is 1. The molecule has 0 radical (unpaired) electrons. The van der Waals surface area contributed by atoms with Crippen LogP contribution in [0, 0.1) is 6.92 Å². The third kappa shape index (κ3) is 3.95. The molecule has 1 fully saturated rings. The number of furan rings is 1. The number of rotatable bonds is 6. The number of nitrogens with zero attached hydrogens (tertiary/aromatic N) is 3. The van der Waals surface area contributed by atoms with E-state index >= 15 is 0 Å². The van der Waals surface area contributed by atoms with Gasteiger partial charge in [0.05, 0.1) is 5.69 Å². The van der Waals surface area contributed by atoms with E-state index in [1.54, 1.807) is 10.7 Å². The quantitative estimate of drug-likeness (QED) is 0.729. The summed E-state index contributed by atoms with van der Waals surface area (Å²) in [4.78, 5) is 15.2. The predicted molar refractivity (Wildman–Crippen MR) is 104 cm³/mol. The summed E-state index contributed by atoms with van der Waals surface area (Å²) in [5.41, 5.74) is 2.00. The van der Waals surface area contributed by atoms with Crippen LogP contribution in [-0.4, -0.2) is 46.8 Å². The average Bonchev–Trinajstić information content (AvgIpc) is 3.42. The zero-order valence-electron chi connectivity index (χ0n) is 15.5. The van der Waals surface area contributed by atoms with Crippen molar-refractivity contribution >= 4 is 5.91 Å². The first-order chi connectivity index (χ1) is 13.2. The number of benzene rings is 1. The lowest BCUT2D eigenvalue weighted by Gasteiger charge is -2.15. The Morgan fingerprint density at radius 2 is 1.93 bits per heavy atom. The van der Waals surface area contributed by atoms with Crippen molar-refractivity contribution in [3.8, 4) is 17.1 Å². The lowest BCUT2D eigenvalue weighted by atomic mass is 10.2. The van der Waals surface area contributed by atoms with E-state index < -0.39 is 0 Å². The fourth-order valence-corrected chi connectivity index (χ4v) is 3.43. The molecule has 0 aliphatic carbocycles. The minimum Gasteiger partial charge on any atom is -0.460 e. The van der Waals surface area contributed by atoms with Crippen LogP contribution in [0.5, 0.6) is 0 Å². The summed E-state index contributed by atoms with van der Waals surface area (Å²) >= 11 is 0. The van der Waals surface area contributed by atoms with E-state index in [-0.39, 0.29) is 5.91 Å². The molecule has 3 heterocycles. The van der Waals surface area contributed by atoms with Gasteiger partial charge in [0.2, 0.25) is 0 Å². The van der Waals surface area contributed by atoms with Gasteiger partial charge in [-0.2, -0.15) is 5.10 Å². The summed E-state index contributed by atoms with van der Waals surface area (Å²) in [5, 5.41) is 7.66. The van der Waals surface area contributed by atoms with E-state index in [9.17, 15) is 4.79 Å². The second kappa shape index (κ2) is 7.80. The van der Waals surface area contributed by atoms with Crippen molar-refractivity contribution < 1.29 is 9.21 Å². The van der Waals surface area contributed by atoms with Crippen molar-refractivity contribution in [1.82, 2.24) is 20.0 Å². The van der Waals surface area contributed by atoms with Gasteiger partial charge in [-0.1, -0.05) is 18.2 Å². The molecule has 1 amide bonds. The number of aryl methyl sites for hydroxylation is 1. The van der Waals surface area contributed by atoms with Crippen LogP contribution in [0.1, 0.15) is 29.1 Å². The highest BCUT2D eigenvalue weighted by Gasteiger charge is 2.19. The second-order valence-corrected chi connectivity index (χ2v) is 6.88. The molecule has 1 N–H and O–H groups in total. The van der Waals surface area contributed by atoms with Crippen LogP contribution in [0.3, 0.4) is 0 Å². The molecule has 1 aliphatic heterocycles. The molecule has 1 saturated heterocycles. The van der Waals surface area contributed by atoms with Gasteiger partial charge in [-0.15, -0.1) is 0 Å². The van der Waals surface area contributed by atoms with Gasteiger partial charge in [0.25, 0.3) is 5.91 Å².